The van der Waals surface area contributed by atoms with Crippen LogP contribution in [0.4, 0.5) is 11.4 Å². The van der Waals surface area contributed by atoms with Gasteiger partial charge in [-0.15, -0.1) is 11.3 Å². The zero-order chi connectivity index (χ0) is 16.4. The molecule has 116 valence electrons. The molecule has 3 rings (SSSR count). The first kappa shape index (κ1) is 14.9. The number of aromatic nitrogens is 2. The summed E-state index contributed by atoms with van der Waals surface area (Å²) in [7, 11) is 0. The van der Waals surface area contributed by atoms with Crippen LogP contribution in [0.5, 0.6) is 0 Å². The summed E-state index contributed by atoms with van der Waals surface area (Å²) in [6.07, 6.45) is 0. The van der Waals surface area contributed by atoms with Crippen LogP contribution in [0, 0.1) is 17.0 Å². The number of carbonyl (C=O) groups is 1. The number of nitro benzene ring substituents is 1. The quantitative estimate of drug-likeness (QED) is 0.564. The van der Waals surface area contributed by atoms with Gasteiger partial charge in [0.25, 0.3) is 11.6 Å². The highest BCUT2D eigenvalue weighted by atomic mass is 32.1. The van der Waals surface area contributed by atoms with Crippen molar-refractivity contribution in [3.8, 4) is 10.6 Å². The molecule has 0 radical (unpaired) electrons. The SMILES string of the molecule is Cc1cc([N+](=O)[O-])ccc1NC(=O)c1cc(-c2cccs2)[nH]n1. The fourth-order valence-electron chi connectivity index (χ4n) is 2.08. The fraction of sp³-hybridized carbons (Fsp3) is 0.0667. The van der Waals surface area contributed by atoms with E-state index < -0.39 is 4.92 Å². The van der Waals surface area contributed by atoms with Crippen molar-refractivity contribution in [3.05, 3.63) is 63.1 Å². The summed E-state index contributed by atoms with van der Waals surface area (Å²) in [5.74, 6) is -0.374. The number of H-pyrrole nitrogens is 1. The highest BCUT2D eigenvalue weighted by molar-refractivity contribution is 7.13. The van der Waals surface area contributed by atoms with Crippen molar-refractivity contribution < 1.29 is 9.72 Å². The number of nitrogens with zero attached hydrogens (tertiary/aromatic N) is 2. The van der Waals surface area contributed by atoms with E-state index in [1.165, 1.54) is 18.2 Å². The third-order valence-corrected chi connectivity index (χ3v) is 4.17. The number of aromatic amines is 1. The Labute approximate surface area is 135 Å². The molecular weight excluding hydrogens is 316 g/mol. The fourth-order valence-corrected chi connectivity index (χ4v) is 2.78. The first-order valence-corrected chi connectivity index (χ1v) is 7.58. The Morgan fingerprint density at radius 2 is 2.17 bits per heavy atom. The molecule has 0 atom stereocenters. The molecule has 23 heavy (non-hydrogen) atoms. The number of nitrogens with one attached hydrogen (secondary N) is 2. The molecule has 0 aliphatic heterocycles. The molecule has 8 heteroatoms. The molecular formula is C15H12N4O3S. The maximum absolute atomic E-state index is 12.2. The van der Waals surface area contributed by atoms with E-state index in [1.54, 1.807) is 24.3 Å². The summed E-state index contributed by atoms with van der Waals surface area (Å²) < 4.78 is 0. The number of hydrogen-bond acceptors (Lipinski definition) is 5. The van der Waals surface area contributed by atoms with Gasteiger partial charge in [0.1, 0.15) is 0 Å². The Morgan fingerprint density at radius 1 is 1.35 bits per heavy atom. The minimum atomic E-state index is -0.473. The molecule has 0 saturated carbocycles. The van der Waals surface area contributed by atoms with Crippen LogP contribution in [0.25, 0.3) is 10.6 Å². The van der Waals surface area contributed by atoms with Crippen LogP contribution in [0.2, 0.25) is 0 Å². The molecule has 3 aromatic rings. The van der Waals surface area contributed by atoms with E-state index >= 15 is 0 Å². The molecule has 2 aromatic heterocycles. The zero-order valence-corrected chi connectivity index (χ0v) is 12.9. The largest absolute Gasteiger partial charge is 0.320 e. The van der Waals surface area contributed by atoms with E-state index in [1.807, 2.05) is 17.5 Å². The van der Waals surface area contributed by atoms with E-state index in [9.17, 15) is 14.9 Å². The van der Waals surface area contributed by atoms with Crippen molar-refractivity contribution >= 4 is 28.6 Å². The van der Waals surface area contributed by atoms with Crippen molar-refractivity contribution in [2.75, 3.05) is 5.32 Å². The molecule has 2 heterocycles. The number of hydrogen-bond donors (Lipinski definition) is 2. The summed E-state index contributed by atoms with van der Waals surface area (Å²) >= 11 is 1.54. The lowest BCUT2D eigenvalue weighted by molar-refractivity contribution is -0.384. The Balaban J connectivity index is 1.78. The second-order valence-corrected chi connectivity index (χ2v) is 5.80. The zero-order valence-electron chi connectivity index (χ0n) is 12.1. The smallest absolute Gasteiger partial charge is 0.276 e. The highest BCUT2D eigenvalue weighted by Crippen LogP contribution is 2.24. The number of benzene rings is 1. The molecule has 1 aromatic carbocycles. The van der Waals surface area contributed by atoms with Crippen molar-refractivity contribution in [1.29, 1.82) is 0 Å². The van der Waals surface area contributed by atoms with Gasteiger partial charge >= 0.3 is 0 Å². The third-order valence-electron chi connectivity index (χ3n) is 3.27. The van der Waals surface area contributed by atoms with Gasteiger partial charge in [-0.3, -0.25) is 20.0 Å². The molecule has 0 bridgehead atoms. The monoisotopic (exact) mass is 328 g/mol. The van der Waals surface area contributed by atoms with E-state index in [2.05, 4.69) is 15.5 Å². The van der Waals surface area contributed by atoms with Crippen molar-refractivity contribution in [1.82, 2.24) is 10.2 Å². The Morgan fingerprint density at radius 3 is 2.83 bits per heavy atom. The number of carbonyl (C=O) groups excluding carboxylic acids is 1. The molecule has 0 unspecified atom stereocenters. The second kappa shape index (κ2) is 6.01. The summed E-state index contributed by atoms with van der Waals surface area (Å²) in [5.41, 5.74) is 2.14. The van der Waals surface area contributed by atoms with Crippen LogP contribution in [0.3, 0.4) is 0 Å². The minimum absolute atomic E-state index is 0.0137. The highest BCUT2D eigenvalue weighted by Gasteiger charge is 2.14. The maximum Gasteiger partial charge on any atom is 0.276 e. The van der Waals surface area contributed by atoms with Gasteiger partial charge in [-0.05, 0) is 36.1 Å². The van der Waals surface area contributed by atoms with Crippen LogP contribution in [-0.2, 0) is 0 Å². The lowest BCUT2D eigenvalue weighted by Gasteiger charge is -2.06. The Hall–Kier alpha value is -3.00. The Bertz CT molecular complexity index is 871. The number of rotatable bonds is 4. The first-order valence-electron chi connectivity index (χ1n) is 6.70. The number of aryl methyl sites for hydroxylation is 1. The number of thiophene rings is 1. The average molecular weight is 328 g/mol. The average Bonchev–Trinajstić information content (AvgIpc) is 3.19. The molecule has 2 N–H and O–H groups in total. The molecule has 1 amide bonds. The predicted molar refractivity (Wildman–Crippen MR) is 87.7 cm³/mol. The van der Waals surface area contributed by atoms with Crippen molar-refractivity contribution in [2.24, 2.45) is 0 Å². The van der Waals surface area contributed by atoms with Gasteiger partial charge in [0.2, 0.25) is 0 Å². The molecule has 0 spiro atoms. The standard InChI is InChI=1S/C15H12N4O3S/c1-9-7-10(19(21)22)4-5-11(9)16-15(20)13-8-12(17-18-13)14-3-2-6-23-14/h2-8H,1H3,(H,16,20)(H,17,18). The van der Waals surface area contributed by atoms with Crippen LogP contribution in [-0.4, -0.2) is 21.0 Å². The molecule has 0 saturated heterocycles. The van der Waals surface area contributed by atoms with E-state index in [0.29, 0.717) is 11.3 Å². The van der Waals surface area contributed by atoms with Crippen molar-refractivity contribution in [3.63, 3.8) is 0 Å². The summed E-state index contributed by atoms with van der Waals surface area (Å²) in [6.45, 7) is 1.70. The van der Waals surface area contributed by atoms with Crippen molar-refractivity contribution in [2.45, 2.75) is 6.92 Å². The number of non-ortho nitro benzene ring substituents is 1. The first-order chi connectivity index (χ1) is 11.0. The second-order valence-electron chi connectivity index (χ2n) is 4.85. The number of amides is 1. The van der Waals surface area contributed by atoms with Crippen LogP contribution in [0.1, 0.15) is 16.1 Å². The lowest BCUT2D eigenvalue weighted by Crippen LogP contribution is -2.13. The number of anilines is 1. The Kier molecular flexibility index (Phi) is 3.90. The number of nitro groups is 1. The van der Waals surface area contributed by atoms with E-state index in [4.69, 9.17) is 0 Å². The van der Waals surface area contributed by atoms with E-state index in [-0.39, 0.29) is 17.3 Å². The van der Waals surface area contributed by atoms with Gasteiger partial charge in [0.05, 0.1) is 15.5 Å². The van der Waals surface area contributed by atoms with Gasteiger partial charge in [-0.1, -0.05) is 6.07 Å². The van der Waals surface area contributed by atoms with Gasteiger partial charge in [0.15, 0.2) is 5.69 Å². The maximum atomic E-state index is 12.2. The van der Waals surface area contributed by atoms with Crippen LogP contribution in [0.15, 0.2) is 41.8 Å². The van der Waals surface area contributed by atoms with E-state index in [0.717, 1.165) is 10.6 Å². The summed E-state index contributed by atoms with van der Waals surface area (Å²) in [4.78, 5) is 23.5. The predicted octanol–water partition coefficient (Wildman–Crippen LogP) is 3.61. The van der Waals surface area contributed by atoms with Gasteiger partial charge < -0.3 is 5.32 Å². The normalized spacial score (nSPS) is 10.5. The third kappa shape index (κ3) is 3.11. The van der Waals surface area contributed by atoms with Crippen LogP contribution < -0.4 is 5.32 Å². The molecule has 0 fully saturated rings. The van der Waals surface area contributed by atoms with Gasteiger partial charge in [0, 0.05) is 17.8 Å². The summed E-state index contributed by atoms with van der Waals surface area (Å²) in [6, 6.07) is 9.79. The lowest BCUT2D eigenvalue weighted by atomic mass is 10.1. The molecule has 0 aliphatic carbocycles. The topological polar surface area (TPSA) is 101 Å². The minimum Gasteiger partial charge on any atom is -0.320 e. The van der Waals surface area contributed by atoms with Gasteiger partial charge in [-0.25, -0.2) is 0 Å². The van der Waals surface area contributed by atoms with Gasteiger partial charge in [-0.2, -0.15) is 5.10 Å². The molecule has 7 nitrogen and oxygen atoms in total. The summed E-state index contributed by atoms with van der Waals surface area (Å²) in [5, 5.41) is 22.2. The van der Waals surface area contributed by atoms with Crippen LogP contribution >= 0.6 is 11.3 Å². The molecule has 0 aliphatic rings.